The summed E-state index contributed by atoms with van der Waals surface area (Å²) in [4.78, 5) is 0. The predicted octanol–water partition coefficient (Wildman–Crippen LogP) is 1.22. The molecule has 0 aliphatic rings. The van der Waals surface area contributed by atoms with Crippen LogP contribution in [0, 0.1) is 24.2 Å². The van der Waals surface area contributed by atoms with Crippen molar-refractivity contribution in [2.24, 2.45) is 17.6 Å². The van der Waals surface area contributed by atoms with Crippen molar-refractivity contribution in [1.82, 2.24) is 5.32 Å². The molecule has 2 heteroatoms. The van der Waals surface area contributed by atoms with Crippen molar-refractivity contribution in [2.75, 3.05) is 13.1 Å². The Bertz CT molecular complexity index is 158. The first kappa shape index (κ1) is 12.5. The van der Waals surface area contributed by atoms with Crippen molar-refractivity contribution in [3.8, 4) is 12.3 Å². The van der Waals surface area contributed by atoms with E-state index in [2.05, 4.69) is 32.0 Å². The molecule has 0 bridgehead atoms. The second-order valence-corrected chi connectivity index (χ2v) is 3.78. The molecule has 0 fully saturated rings. The monoisotopic (exact) mass is 182 g/mol. The highest BCUT2D eigenvalue weighted by Crippen LogP contribution is 2.07. The lowest BCUT2D eigenvalue weighted by molar-refractivity contribution is 0.361. The number of terminal acetylenes is 1. The average molecular weight is 182 g/mol. The Morgan fingerprint density at radius 1 is 1.46 bits per heavy atom. The summed E-state index contributed by atoms with van der Waals surface area (Å²) in [5, 5.41) is 3.34. The highest BCUT2D eigenvalue weighted by atomic mass is 14.9. The van der Waals surface area contributed by atoms with Crippen molar-refractivity contribution in [3.63, 3.8) is 0 Å². The van der Waals surface area contributed by atoms with E-state index >= 15 is 0 Å². The van der Waals surface area contributed by atoms with Crippen LogP contribution < -0.4 is 11.1 Å². The van der Waals surface area contributed by atoms with Gasteiger partial charge >= 0.3 is 0 Å². The van der Waals surface area contributed by atoms with Crippen LogP contribution in [0.25, 0.3) is 0 Å². The number of nitrogens with one attached hydrogen (secondary N) is 1. The molecule has 0 aromatic heterocycles. The number of nitrogens with two attached hydrogens (primary N) is 1. The maximum atomic E-state index is 5.65. The van der Waals surface area contributed by atoms with Crippen LogP contribution in [-0.2, 0) is 0 Å². The fraction of sp³-hybridized carbons (Fsp3) is 0.818. The Hall–Kier alpha value is -0.520. The zero-order valence-corrected chi connectivity index (χ0v) is 9.01. The van der Waals surface area contributed by atoms with Gasteiger partial charge in [-0.3, -0.25) is 0 Å². The zero-order valence-electron chi connectivity index (χ0n) is 9.01. The fourth-order valence-electron chi connectivity index (χ4n) is 1.21. The predicted molar refractivity (Wildman–Crippen MR) is 58.3 cm³/mol. The molecule has 0 aromatic carbocycles. The highest BCUT2D eigenvalue weighted by molar-refractivity contribution is 4.98. The van der Waals surface area contributed by atoms with E-state index in [1.54, 1.807) is 0 Å². The topological polar surface area (TPSA) is 38.0 Å². The van der Waals surface area contributed by atoms with Crippen LogP contribution in [0.3, 0.4) is 0 Å². The van der Waals surface area contributed by atoms with Gasteiger partial charge in [-0.2, -0.15) is 0 Å². The molecule has 0 aromatic rings. The number of rotatable bonds is 6. The molecule has 2 nitrogen and oxygen atoms in total. The smallest absolute Gasteiger partial charge is 0.0684 e. The van der Waals surface area contributed by atoms with Crippen LogP contribution in [0.15, 0.2) is 0 Å². The van der Waals surface area contributed by atoms with E-state index in [0.29, 0.717) is 11.8 Å². The van der Waals surface area contributed by atoms with Crippen molar-refractivity contribution in [3.05, 3.63) is 0 Å². The third-order valence-corrected chi connectivity index (χ3v) is 2.48. The van der Waals surface area contributed by atoms with E-state index < -0.39 is 0 Å². The number of hydrogen-bond donors (Lipinski definition) is 2. The molecule has 2 unspecified atom stereocenters. The van der Waals surface area contributed by atoms with Gasteiger partial charge in [0.15, 0.2) is 0 Å². The second-order valence-electron chi connectivity index (χ2n) is 3.78. The van der Waals surface area contributed by atoms with Crippen LogP contribution in [0.2, 0.25) is 0 Å². The highest BCUT2D eigenvalue weighted by Gasteiger charge is 2.12. The third-order valence-electron chi connectivity index (χ3n) is 2.48. The lowest BCUT2D eigenvalue weighted by Crippen LogP contribution is -2.36. The molecule has 0 amide bonds. The maximum absolute atomic E-state index is 5.65. The molecule has 0 spiro atoms. The zero-order chi connectivity index (χ0) is 10.3. The summed E-state index contributed by atoms with van der Waals surface area (Å²) < 4.78 is 0. The molecular formula is C11H22N2. The van der Waals surface area contributed by atoms with E-state index in [1.807, 2.05) is 0 Å². The van der Waals surface area contributed by atoms with Gasteiger partial charge in [-0.05, 0) is 24.8 Å². The summed E-state index contributed by atoms with van der Waals surface area (Å²) in [6.45, 7) is 8.12. The first-order valence-electron chi connectivity index (χ1n) is 5.05. The fourth-order valence-corrected chi connectivity index (χ4v) is 1.21. The second kappa shape index (κ2) is 6.94. The van der Waals surface area contributed by atoms with Gasteiger partial charge < -0.3 is 11.1 Å². The number of hydrogen-bond acceptors (Lipinski definition) is 2. The quantitative estimate of drug-likeness (QED) is 0.606. The maximum Gasteiger partial charge on any atom is 0.0684 e. The van der Waals surface area contributed by atoms with Gasteiger partial charge in [0.2, 0.25) is 0 Å². The first-order valence-corrected chi connectivity index (χ1v) is 5.05. The third kappa shape index (κ3) is 4.92. The van der Waals surface area contributed by atoms with E-state index in [4.69, 9.17) is 12.2 Å². The molecule has 0 radical (unpaired) electrons. The molecule has 0 aliphatic carbocycles. The summed E-state index contributed by atoms with van der Waals surface area (Å²) >= 11 is 0. The van der Waals surface area contributed by atoms with Gasteiger partial charge in [-0.15, -0.1) is 6.42 Å². The van der Waals surface area contributed by atoms with E-state index in [0.717, 1.165) is 19.5 Å². The van der Waals surface area contributed by atoms with Gasteiger partial charge in [0.1, 0.15) is 0 Å². The molecule has 0 rings (SSSR count). The summed E-state index contributed by atoms with van der Waals surface area (Å²) in [5.41, 5.74) is 5.65. The van der Waals surface area contributed by atoms with Crippen LogP contribution in [-0.4, -0.2) is 19.1 Å². The minimum Gasteiger partial charge on any atom is -0.330 e. The van der Waals surface area contributed by atoms with E-state index in [1.165, 1.54) is 0 Å². The van der Waals surface area contributed by atoms with Crippen LogP contribution in [0.5, 0.6) is 0 Å². The Kier molecular flexibility index (Phi) is 6.66. The lowest BCUT2D eigenvalue weighted by Gasteiger charge is -2.21. The van der Waals surface area contributed by atoms with E-state index in [9.17, 15) is 0 Å². The largest absolute Gasteiger partial charge is 0.330 e. The molecule has 76 valence electrons. The Balaban J connectivity index is 3.78. The van der Waals surface area contributed by atoms with Gasteiger partial charge in [-0.1, -0.05) is 26.7 Å². The van der Waals surface area contributed by atoms with Gasteiger partial charge in [-0.25, -0.2) is 0 Å². The SMILES string of the molecule is C#CC(CC)NCC(CN)C(C)C. The van der Waals surface area contributed by atoms with Crippen molar-refractivity contribution >= 4 is 0 Å². The molecule has 0 aliphatic heterocycles. The van der Waals surface area contributed by atoms with Gasteiger partial charge in [0.05, 0.1) is 6.04 Å². The Morgan fingerprint density at radius 2 is 2.08 bits per heavy atom. The standard InChI is InChI=1S/C11H22N2/c1-5-11(6-2)13-8-10(7-12)9(3)4/h1,9-11,13H,6-8,12H2,2-4H3. The first-order chi connectivity index (χ1) is 6.15. The summed E-state index contributed by atoms with van der Waals surface area (Å²) in [6.07, 6.45) is 6.32. The molecule has 13 heavy (non-hydrogen) atoms. The van der Waals surface area contributed by atoms with Crippen molar-refractivity contribution < 1.29 is 0 Å². The summed E-state index contributed by atoms with van der Waals surface area (Å²) in [7, 11) is 0. The van der Waals surface area contributed by atoms with Crippen LogP contribution >= 0.6 is 0 Å². The normalized spacial score (nSPS) is 15.4. The molecule has 0 saturated carbocycles. The van der Waals surface area contributed by atoms with Crippen LogP contribution in [0.4, 0.5) is 0 Å². The van der Waals surface area contributed by atoms with Crippen molar-refractivity contribution in [1.29, 1.82) is 0 Å². The Labute approximate surface area is 82.3 Å². The molecular weight excluding hydrogens is 160 g/mol. The molecule has 3 N–H and O–H groups in total. The minimum atomic E-state index is 0.202. The average Bonchev–Trinajstić information content (AvgIpc) is 2.12. The summed E-state index contributed by atoms with van der Waals surface area (Å²) in [5.74, 6) is 3.87. The van der Waals surface area contributed by atoms with Crippen LogP contribution in [0.1, 0.15) is 27.2 Å². The molecule has 0 heterocycles. The summed E-state index contributed by atoms with van der Waals surface area (Å²) in [6, 6.07) is 0.202. The molecule has 2 atom stereocenters. The lowest BCUT2D eigenvalue weighted by atomic mass is 9.96. The van der Waals surface area contributed by atoms with Gasteiger partial charge in [0.25, 0.3) is 0 Å². The minimum absolute atomic E-state index is 0.202. The van der Waals surface area contributed by atoms with Gasteiger partial charge in [0, 0.05) is 6.54 Å². The van der Waals surface area contributed by atoms with E-state index in [-0.39, 0.29) is 6.04 Å². The Morgan fingerprint density at radius 3 is 2.38 bits per heavy atom. The van der Waals surface area contributed by atoms with Crippen molar-refractivity contribution in [2.45, 2.75) is 33.2 Å². The molecule has 0 saturated heterocycles.